The summed E-state index contributed by atoms with van der Waals surface area (Å²) in [4.78, 5) is 6.92. The Labute approximate surface area is 108 Å². The number of fused-ring (bicyclic) bond motifs is 1. The first-order chi connectivity index (χ1) is 8.42. The summed E-state index contributed by atoms with van der Waals surface area (Å²) < 4.78 is 0. The molecule has 2 saturated heterocycles. The third-order valence-electron chi connectivity index (χ3n) is 4.10. The van der Waals surface area contributed by atoms with Crippen LogP contribution in [-0.4, -0.2) is 42.0 Å². The van der Waals surface area contributed by atoms with Gasteiger partial charge >= 0.3 is 0 Å². The van der Waals surface area contributed by atoms with Crippen molar-refractivity contribution in [3.8, 4) is 0 Å². The highest BCUT2D eigenvalue weighted by molar-refractivity contribution is 7.09. The Morgan fingerprint density at radius 1 is 1.18 bits per heavy atom. The van der Waals surface area contributed by atoms with E-state index in [1.165, 1.54) is 63.3 Å². The van der Waals surface area contributed by atoms with Crippen molar-refractivity contribution in [2.75, 3.05) is 26.2 Å². The summed E-state index contributed by atoms with van der Waals surface area (Å²) in [5.41, 5.74) is 0. The summed E-state index contributed by atoms with van der Waals surface area (Å²) in [7, 11) is 0. The maximum absolute atomic E-state index is 2.73. The lowest BCUT2D eigenvalue weighted by molar-refractivity contribution is 0.135. The van der Waals surface area contributed by atoms with Gasteiger partial charge in [-0.25, -0.2) is 0 Å². The van der Waals surface area contributed by atoms with Gasteiger partial charge in [0.15, 0.2) is 0 Å². The normalized spacial score (nSPS) is 27.6. The molecule has 3 heterocycles. The SMILES string of the molecule is c1csc(CN2CCCN3CCCCC3C2)c1. The summed E-state index contributed by atoms with van der Waals surface area (Å²) in [6, 6.07) is 5.28. The van der Waals surface area contributed by atoms with Crippen LogP contribution in [0.25, 0.3) is 0 Å². The van der Waals surface area contributed by atoms with E-state index in [9.17, 15) is 0 Å². The van der Waals surface area contributed by atoms with Gasteiger partial charge in [-0.2, -0.15) is 0 Å². The molecule has 3 heteroatoms. The van der Waals surface area contributed by atoms with Crippen molar-refractivity contribution < 1.29 is 0 Å². The predicted molar refractivity (Wildman–Crippen MR) is 73.4 cm³/mol. The molecule has 17 heavy (non-hydrogen) atoms. The summed E-state index contributed by atoms with van der Waals surface area (Å²) >= 11 is 1.90. The molecule has 0 aliphatic carbocycles. The van der Waals surface area contributed by atoms with Gasteiger partial charge in [0, 0.05) is 24.0 Å². The van der Waals surface area contributed by atoms with Crippen molar-refractivity contribution in [2.24, 2.45) is 0 Å². The van der Waals surface area contributed by atoms with Crippen LogP contribution in [0.3, 0.4) is 0 Å². The molecule has 0 aromatic carbocycles. The molecular weight excluding hydrogens is 228 g/mol. The van der Waals surface area contributed by atoms with E-state index in [4.69, 9.17) is 0 Å². The molecule has 0 amide bonds. The van der Waals surface area contributed by atoms with Gasteiger partial charge < -0.3 is 0 Å². The Morgan fingerprint density at radius 3 is 3.00 bits per heavy atom. The topological polar surface area (TPSA) is 6.48 Å². The Balaban J connectivity index is 1.62. The average Bonchev–Trinajstić information content (AvgIpc) is 2.76. The highest BCUT2D eigenvalue weighted by Gasteiger charge is 2.26. The van der Waals surface area contributed by atoms with Crippen LogP contribution in [0.15, 0.2) is 17.5 Å². The Bertz CT molecular complexity index is 336. The zero-order valence-corrected chi connectivity index (χ0v) is 11.3. The quantitative estimate of drug-likeness (QED) is 0.796. The maximum Gasteiger partial charge on any atom is 0.0328 e. The van der Waals surface area contributed by atoms with Crippen LogP contribution in [0.2, 0.25) is 0 Å². The number of thiophene rings is 1. The summed E-state index contributed by atoms with van der Waals surface area (Å²) in [6.07, 6.45) is 5.62. The summed E-state index contributed by atoms with van der Waals surface area (Å²) in [5.74, 6) is 0. The second-order valence-electron chi connectivity index (χ2n) is 5.35. The molecule has 94 valence electrons. The molecule has 0 spiro atoms. The fraction of sp³-hybridized carbons (Fsp3) is 0.714. The Kier molecular flexibility index (Phi) is 3.79. The smallest absolute Gasteiger partial charge is 0.0328 e. The van der Waals surface area contributed by atoms with E-state index in [1.54, 1.807) is 0 Å². The molecule has 0 radical (unpaired) electrons. The zero-order valence-electron chi connectivity index (χ0n) is 10.5. The molecule has 2 aliphatic heterocycles. The number of rotatable bonds is 2. The summed E-state index contributed by atoms with van der Waals surface area (Å²) in [6.45, 7) is 6.41. The second-order valence-corrected chi connectivity index (χ2v) is 6.39. The highest BCUT2D eigenvalue weighted by atomic mass is 32.1. The standard InChI is InChI=1S/C14H22N2S/c1-2-8-16-9-4-7-15(11-13(16)5-1)12-14-6-3-10-17-14/h3,6,10,13H,1-2,4-5,7-9,11-12H2. The Morgan fingerprint density at radius 2 is 2.12 bits per heavy atom. The molecule has 2 fully saturated rings. The van der Waals surface area contributed by atoms with Crippen LogP contribution >= 0.6 is 11.3 Å². The Hall–Kier alpha value is -0.380. The van der Waals surface area contributed by atoms with E-state index in [-0.39, 0.29) is 0 Å². The van der Waals surface area contributed by atoms with Gasteiger partial charge in [-0.15, -0.1) is 11.3 Å². The lowest BCUT2D eigenvalue weighted by atomic mass is 10.0. The first kappa shape index (κ1) is 11.7. The summed E-state index contributed by atoms with van der Waals surface area (Å²) in [5, 5.41) is 2.19. The van der Waals surface area contributed by atoms with Crippen molar-refractivity contribution in [3.63, 3.8) is 0 Å². The molecule has 1 aromatic heterocycles. The van der Waals surface area contributed by atoms with Crippen LogP contribution in [-0.2, 0) is 6.54 Å². The van der Waals surface area contributed by atoms with Crippen LogP contribution in [0.5, 0.6) is 0 Å². The number of piperidine rings is 1. The van der Waals surface area contributed by atoms with Crippen LogP contribution in [0, 0.1) is 0 Å². The monoisotopic (exact) mass is 250 g/mol. The first-order valence-electron chi connectivity index (χ1n) is 6.90. The van der Waals surface area contributed by atoms with E-state index >= 15 is 0 Å². The van der Waals surface area contributed by atoms with Crippen molar-refractivity contribution >= 4 is 11.3 Å². The second kappa shape index (κ2) is 5.51. The van der Waals surface area contributed by atoms with E-state index in [0.717, 1.165) is 6.04 Å². The van der Waals surface area contributed by atoms with Gasteiger partial charge in [0.2, 0.25) is 0 Å². The van der Waals surface area contributed by atoms with E-state index in [0.29, 0.717) is 0 Å². The number of hydrogen-bond acceptors (Lipinski definition) is 3. The molecule has 0 N–H and O–H groups in total. The minimum Gasteiger partial charge on any atom is -0.299 e. The zero-order chi connectivity index (χ0) is 11.5. The number of nitrogens with zero attached hydrogens (tertiary/aromatic N) is 2. The van der Waals surface area contributed by atoms with Crippen molar-refractivity contribution in [1.82, 2.24) is 9.80 Å². The lowest BCUT2D eigenvalue weighted by Gasteiger charge is -2.35. The molecule has 0 saturated carbocycles. The minimum absolute atomic E-state index is 0.839. The molecule has 1 atom stereocenters. The molecule has 2 aliphatic rings. The van der Waals surface area contributed by atoms with Gasteiger partial charge in [-0.1, -0.05) is 12.5 Å². The van der Waals surface area contributed by atoms with E-state index in [2.05, 4.69) is 27.3 Å². The van der Waals surface area contributed by atoms with Crippen LogP contribution in [0.1, 0.15) is 30.6 Å². The first-order valence-corrected chi connectivity index (χ1v) is 7.78. The van der Waals surface area contributed by atoms with Crippen molar-refractivity contribution in [1.29, 1.82) is 0 Å². The highest BCUT2D eigenvalue weighted by Crippen LogP contribution is 2.22. The van der Waals surface area contributed by atoms with Crippen LogP contribution in [0.4, 0.5) is 0 Å². The lowest BCUT2D eigenvalue weighted by Crippen LogP contribution is -2.43. The fourth-order valence-corrected chi connectivity index (χ4v) is 3.96. The molecule has 1 unspecified atom stereocenters. The van der Waals surface area contributed by atoms with E-state index < -0.39 is 0 Å². The largest absolute Gasteiger partial charge is 0.299 e. The third kappa shape index (κ3) is 2.90. The molecule has 1 aromatic rings. The van der Waals surface area contributed by atoms with E-state index in [1.807, 2.05) is 11.3 Å². The average molecular weight is 250 g/mol. The van der Waals surface area contributed by atoms with Gasteiger partial charge in [-0.05, 0) is 50.3 Å². The van der Waals surface area contributed by atoms with Gasteiger partial charge in [-0.3, -0.25) is 9.80 Å². The van der Waals surface area contributed by atoms with Crippen molar-refractivity contribution in [3.05, 3.63) is 22.4 Å². The molecular formula is C14H22N2S. The molecule has 3 rings (SSSR count). The molecule has 2 nitrogen and oxygen atoms in total. The van der Waals surface area contributed by atoms with Crippen LogP contribution < -0.4 is 0 Å². The number of hydrogen-bond donors (Lipinski definition) is 0. The van der Waals surface area contributed by atoms with Gasteiger partial charge in [0.25, 0.3) is 0 Å². The third-order valence-corrected chi connectivity index (χ3v) is 4.96. The minimum atomic E-state index is 0.839. The van der Waals surface area contributed by atoms with Gasteiger partial charge in [0.1, 0.15) is 0 Å². The predicted octanol–water partition coefficient (Wildman–Crippen LogP) is 2.81. The van der Waals surface area contributed by atoms with Gasteiger partial charge in [0.05, 0.1) is 0 Å². The van der Waals surface area contributed by atoms with Crippen molar-refractivity contribution in [2.45, 2.75) is 38.3 Å². The molecule has 0 bridgehead atoms. The maximum atomic E-state index is 2.73. The fourth-order valence-electron chi connectivity index (χ4n) is 3.21.